The first-order chi connectivity index (χ1) is 8.58. The third kappa shape index (κ3) is 3.18. The van der Waals surface area contributed by atoms with Gasteiger partial charge in [0, 0.05) is 11.6 Å². The van der Waals surface area contributed by atoms with Crippen LogP contribution in [-0.2, 0) is 6.42 Å². The third-order valence-electron chi connectivity index (χ3n) is 3.28. The summed E-state index contributed by atoms with van der Waals surface area (Å²) in [5, 5.41) is 0. The van der Waals surface area contributed by atoms with Gasteiger partial charge in [0.15, 0.2) is 0 Å². The molecule has 1 atom stereocenters. The Labute approximate surface area is 114 Å². The molecule has 1 unspecified atom stereocenters. The largest absolute Gasteiger partial charge is 0.324 e. The molecule has 0 amide bonds. The summed E-state index contributed by atoms with van der Waals surface area (Å²) in [4.78, 5) is 0. The molecular formula is C14H16BrF2N. The number of allylic oxidation sites excluding steroid dienone is 1. The highest BCUT2D eigenvalue weighted by Crippen LogP contribution is 2.26. The van der Waals surface area contributed by atoms with Crippen molar-refractivity contribution in [3.05, 3.63) is 45.5 Å². The van der Waals surface area contributed by atoms with E-state index in [0.29, 0.717) is 10.9 Å². The number of benzene rings is 1. The maximum atomic E-state index is 13.9. The molecule has 1 aromatic carbocycles. The van der Waals surface area contributed by atoms with Gasteiger partial charge in [0.1, 0.15) is 11.6 Å². The van der Waals surface area contributed by atoms with Gasteiger partial charge in [-0.1, -0.05) is 18.1 Å². The zero-order valence-corrected chi connectivity index (χ0v) is 11.6. The van der Waals surface area contributed by atoms with Crippen LogP contribution < -0.4 is 5.73 Å². The van der Waals surface area contributed by atoms with Crippen molar-refractivity contribution in [1.82, 2.24) is 0 Å². The Balaban J connectivity index is 2.26. The lowest BCUT2D eigenvalue weighted by atomic mass is 10.00. The molecule has 0 heterocycles. The van der Waals surface area contributed by atoms with Crippen LogP contribution in [0.5, 0.6) is 0 Å². The van der Waals surface area contributed by atoms with Crippen molar-refractivity contribution in [2.45, 2.75) is 38.1 Å². The van der Waals surface area contributed by atoms with E-state index in [1.165, 1.54) is 12.1 Å². The molecule has 0 spiro atoms. The lowest BCUT2D eigenvalue weighted by molar-refractivity contribution is 0.554. The quantitative estimate of drug-likeness (QED) is 0.645. The Hall–Kier alpha value is -0.740. The average Bonchev–Trinajstić information content (AvgIpc) is 2.54. The molecule has 0 saturated carbocycles. The molecular weight excluding hydrogens is 300 g/mol. The minimum atomic E-state index is -0.506. The molecule has 0 radical (unpaired) electrons. The summed E-state index contributed by atoms with van der Waals surface area (Å²) in [6.07, 6.45) is 6.21. The molecule has 0 fully saturated rings. The first-order valence-corrected chi connectivity index (χ1v) is 6.94. The van der Waals surface area contributed by atoms with Gasteiger partial charge in [-0.25, -0.2) is 8.78 Å². The molecule has 1 nitrogen and oxygen atoms in total. The van der Waals surface area contributed by atoms with Crippen molar-refractivity contribution in [3.8, 4) is 0 Å². The summed E-state index contributed by atoms with van der Waals surface area (Å²) in [5.74, 6) is -0.997. The van der Waals surface area contributed by atoms with Gasteiger partial charge in [-0.3, -0.25) is 0 Å². The Bertz CT molecular complexity index is 471. The van der Waals surface area contributed by atoms with Gasteiger partial charge in [0.25, 0.3) is 0 Å². The Morgan fingerprint density at radius 2 is 2.06 bits per heavy atom. The second-order valence-corrected chi connectivity index (χ2v) is 5.59. The molecule has 1 aromatic rings. The monoisotopic (exact) mass is 315 g/mol. The molecule has 2 rings (SSSR count). The second-order valence-electron chi connectivity index (χ2n) is 4.73. The molecule has 4 heteroatoms. The van der Waals surface area contributed by atoms with Crippen LogP contribution in [0.15, 0.2) is 28.3 Å². The molecule has 0 aliphatic heterocycles. The van der Waals surface area contributed by atoms with Crippen LogP contribution in [0.25, 0.3) is 0 Å². The van der Waals surface area contributed by atoms with Crippen molar-refractivity contribution in [2.75, 3.05) is 0 Å². The predicted molar refractivity (Wildman–Crippen MR) is 72.3 cm³/mol. The normalized spacial score (nSPS) is 20.4. The van der Waals surface area contributed by atoms with Crippen molar-refractivity contribution in [1.29, 1.82) is 0 Å². The minimum absolute atomic E-state index is 0.0146. The van der Waals surface area contributed by atoms with Crippen LogP contribution in [0.4, 0.5) is 8.78 Å². The molecule has 0 aromatic heterocycles. The van der Waals surface area contributed by atoms with Gasteiger partial charge < -0.3 is 5.73 Å². The molecule has 2 N–H and O–H groups in total. The smallest absolute Gasteiger partial charge is 0.143 e. The van der Waals surface area contributed by atoms with Gasteiger partial charge in [0.2, 0.25) is 0 Å². The van der Waals surface area contributed by atoms with E-state index < -0.39 is 11.6 Å². The van der Waals surface area contributed by atoms with Crippen LogP contribution in [0.1, 0.15) is 31.2 Å². The summed E-state index contributed by atoms with van der Waals surface area (Å²) in [5.41, 5.74) is 7.08. The van der Waals surface area contributed by atoms with E-state index in [1.807, 2.05) is 6.08 Å². The Morgan fingerprint density at radius 3 is 2.83 bits per heavy atom. The lowest BCUT2D eigenvalue weighted by Crippen LogP contribution is -2.16. The van der Waals surface area contributed by atoms with Crippen LogP contribution in [0, 0.1) is 11.6 Å². The zero-order valence-electron chi connectivity index (χ0n) is 10.1. The van der Waals surface area contributed by atoms with E-state index in [-0.39, 0.29) is 11.6 Å². The summed E-state index contributed by atoms with van der Waals surface area (Å²) >= 11 is 3.09. The third-order valence-corrected chi connectivity index (χ3v) is 3.89. The number of nitrogens with two attached hydrogens (primary N) is 1. The van der Waals surface area contributed by atoms with E-state index in [2.05, 4.69) is 15.9 Å². The van der Waals surface area contributed by atoms with Crippen LogP contribution >= 0.6 is 15.9 Å². The Morgan fingerprint density at radius 1 is 1.28 bits per heavy atom. The SMILES string of the molecule is NC1C=C(Cc2c(F)ccc(Br)c2F)CCCC1. The molecule has 18 heavy (non-hydrogen) atoms. The van der Waals surface area contributed by atoms with Crippen molar-refractivity contribution < 1.29 is 8.78 Å². The summed E-state index contributed by atoms with van der Waals surface area (Å²) in [7, 11) is 0. The van der Waals surface area contributed by atoms with Crippen LogP contribution in [0.2, 0.25) is 0 Å². The lowest BCUT2D eigenvalue weighted by Gasteiger charge is -2.10. The number of rotatable bonds is 2. The zero-order chi connectivity index (χ0) is 13.1. The molecule has 0 bridgehead atoms. The minimum Gasteiger partial charge on any atom is -0.324 e. The van der Waals surface area contributed by atoms with E-state index in [4.69, 9.17) is 5.73 Å². The average molecular weight is 316 g/mol. The maximum absolute atomic E-state index is 13.9. The first kappa shape index (κ1) is 13.7. The van der Waals surface area contributed by atoms with Crippen molar-refractivity contribution in [2.24, 2.45) is 5.73 Å². The molecule has 98 valence electrons. The van der Waals surface area contributed by atoms with Gasteiger partial charge in [-0.15, -0.1) is 0 Å². The first-order valence-electron chi connectivity index (χ1n) is 6.15. The summed E-state index contributed by atoms with van der Waals surface area (Å²) in [6, 6.07) is 2.70. The van der Waals surface area contributed by atoms with Crippen molar-refractivity contribution >= 4 is 15.9 Å². The Kier molecular flexibility index (Phi) is 4.51. The fraction of sp³-hybridized carbons (Fsp3) is 0.429. The number of hydrogen-bond donors (Lipinski definition) is 1. The van der Waals surface area contributed by atoms with E-state index in [9.17, 15) is 8.78 Å². The predicted octanol–water partition coefficient (Wildman–Crippen LogP) is 4.10. The molecule has 1 aliphatic rings. The van der Waals surface area contributed by atoms with E-state index in [1.54, 1.807) is 0 Å². The highest BCUT2D eigenvalue weighted by atomic mass is 79.9. The fourth-order valence-corrected chi connectivity index (χ4v) is 2.68. The van der Waals surface area contributed by atoms with Gasteiger partial charge >= 0.3 is 0 Å². The highest BCUT2D eigenvalue weighted by Gasteiger charge is 2.16. The number of halogens is 3. The van der Waals surface area contributed by atoms with E-state index in [0.717, 1.165) is 31.3 Å². The van der Waals surface area contributed by atoms with Gasteiger partial charge in [0.05, 0.1) is 4.47 Å². The van der Waals surface area contributed by atoms with Crippen molar-refractivity contribution in [3.63, 3.8) is 0 Å². The summed E-state index contributed by atoms with van der Waals surface area (Å²) in [6.45, 7) is 0. The maximum Gasteiger partial charge on any atom is 0.143 e. The standard InChI is InChI=1S/C14H16BrF2N/c15-12-5-6-13(16)11(14(12)17)8-9-3-1-2-4-10(18)7-9/h5-7,10H,1-4,8,18H2. The highest BCUT2D eigenvalue weighted by molar-refractivity contribution is 9.10. The van der Waals surface area contributed by atoms with E-state index >= 15 is 0 Å². The number of hydrogen-bond acceptors (Lipinski definition) is 1. The van der Waals surface area contributed by atoms with Crippen LogP contribution in [-0.4, -0.2) is 6.04 Å². The summed E-state index contributed by atoms with van der Waals surface area (Å²) < 4.78 is 27.8. The molecule has 1 aliphatic carbocycles. The molecule has 0 saturated heterocycles. The topological polar surface area (TPSA) is 26.0 Å². The second kappa shape index (κ2) is 5.93. The van der Waals surface area contributed by atoms with Gasteiger partial charge in [-0.2, -0.15) is 0 Å². The van der Waals surface area contributed by atoms with Crippen LogP contribution in [0.3, 0.4) is 0 Å². The van der Waals surface area contributed by atoms with Gasteiger partial charge in [-0.05, 0) is 53.7 Å². The fourth-order valence-electron chi connectivity index (χ4n) is 2.31.